The molecule has 0 aliphatic carbocycles. The van der Waals surface area contributed by atoms with Crippen molar-refractivity contribution in [3.63, 3.8) is 0 Å². The summed E-state index contributed by atoms with van der Waals surface area (Å²) in [6, 6.07) is 11.4. The number of amides is 1. The maximum Gasteiger partial charge on any atom is 0.229 e. The highest BCUT2D eigenvalue weighted by Gasteiger charge is 2.05. The van der Waals surface area contributed by atoms with Gasteiger partial charge in [-0.1, -0.05) is 19.4 Å². The highest BCUT2D eigenvalue weighted by molar-refractivity contribution is 7.10. The van der Waals surface area contributed by atoms with E-state index in [9.17, 15) is 4.79 Å². The first-order chi connectivity index (χ1) is 9.78. The summed E-state index contributed by atoms with van der Waals surface area (Å²) >= 11 is 1.59. The summed E-state index contributed by atoms with van der Waals surface area (Å²) in [5.41, 5.74) is 0.800. The molecule has 0 saturated carbocycles. The average molecular weight is 289 g/mol. The van der Waals surface area contributed by atoms with E-state index in [0.29, 0.717) is 6.42 Å². The number of benzene rings is 1. The second kappa shape index (κ2) is 7.70. The van der Waals surface area contributed by atoms with Crippen molar-refractivity contribution in [2.75, 3.05) is 11.9 Å². The highest BCUT2D eigenvalue weighted by Crippen LogP contribution is 2.17. The van der Waals surface area contributed by atoms with Gasteiger partial charge in [-0.3, -0.25) is 4.79 Å². The first kappa shape index (κ1) is 14.6. The third-order valence-corrected chi connectivity index (χ3v) is 3.70. The number of anilines is 1. The summed E-state index contributed by atoms with van der Waals surface area (Å²) in [5, 5.41) is 4.86. The second-order valence-corrected chi connectivity index (χ2v) is 5.56. The van der Waals surface area contributed by atoms with Crippen molar-refractivity contribution in [3.05, 3.63) is 46.7 Å². The largest absolute Gasteiger partial charge is 0.494 e. The van der Waals surface area contributed by atoms with Gasteiger partial charge in [-0.05, 0) is 42.1 Å². The normalized spacial score (nSPS) is 10.2. The number of nitrogens with one attached hydrogen (secondary N) is 1. The van der Waals surface area contributed by atoms with Crippen LogP contribution in [0.4, 0.5) is 5.69 Å². The van der Waals surface area contributed by atoms with Crippen LogP contribution in [0, 0.1) is 0 Å². The molecule has 0 aliphatic heterocycles. The fraction of sp³-hybridized carbons (Fsp3) is 0.312. The number of unbranched alkanes of at least 4 members (excludes halogenated alkanes) is 1. The number of carbonyl (C=O) groups excluding carboxylic acids is 1. The molecule has 4 heteroatoms. The summed E-state index contributed by atoms with van der Waals surface area (Å²) in [6.07, 6.45) is 2.60. The Kier molecular flexibility index (Phi) is 5.62. The lowest BCUT2D eigenvalue weighted by Gasteiger charge is -2.07. The van der Waals surface area contributed by atoms with Gasteiger partial charge in [0.05, 0.1) is 13.0 Å². The van der Waals surface area contributed by atoms with E-state index in [-0.39, 0.29) is 5.91 Å². The van der Waals surface area contributed by atoms with Crippen LogP contribution in [0.1, 0.15) is 24.6 Å². The second-order valence-electron chi connectivity index (χ2n) is 4.53. The molecule has 0 bridgehead atoms. The Balaban J connectivity index is 1.82. The van der Waals surface area contributed by atoms with Crippen LogP contribution in [0.25, 0.3) is 0 Å². The Labute approximate surface area is 123 Å². The van der Waals surface area contributed by atoms with Gasteiger partial charge in [-0.15, -0.1) is 11.3 Å². The minimum Gasteiger partial charge on any atom is -0.494 e. The fourth-order valence-corrected chi connectivity index (χ4v) is 2.45. The first-order valence-corrected chi connectivity index (χ1v) is 7.71. The van der Waals surface area contributed by atoms with E-state index in [1.807, 2.05) is 41.8 Å². The molecule has 2 rings (SSSR count). The average Bonchev–Trinajstić information content (AvgIpc) is 2.94. The van der Waals surface area contributed by atoms with Gasteiger partial charge in [0.2, 0.25) is 5.91 Å². The number of rotatable bonds is 7. The maximum absolute atomic E-state index is 11.8. The third-order valence-electron chi connectivity index (χ3n) is 2.82. The van der Waals surface area contributed by atoms with Gasteiger partial charge in [0, 0.05) is 10.6 Å². The molecule has 0 saturated heterocycles. The van der Waals surface area contributed by atoms with E-state index >= 15 is 0 Å². The van der Waals surface area contributed by atoms with Crippen molar-refractivity contribution in [1.82, 2.24) is 0 Å². The Morgan fingerprint density at radius 1 is 1.25 bits per heavy atom. The minimum absolute atomic E-state index is 0.00658. The highest BCUT2D eigenvalue weighted by atomic mass is 32.1. The molecule has 106 valence electrons. The van der Waals surface area contributed by atoms with Crippen LogP contribution < -0.4 is 10.1 Å². The first-order valence-electron chi connectivity index (χ1n) is 6.83. The molecule has 1 heterocycles. The number of hydrogen-bond donors (Lipinski definition) is 1. The monoisotopic (exact) mass is 289 g/mol. The Morgan fingerprint density at radius 2 is 2.05 bits per heavy atom. The van der Waals surface area contributed by atoms with Crippen LogP contribution in [-0.4, -0.2) is 12.5 Å². The zero-order valence-electron chi connectivity index (χ0n) is 11.6. The minimum atomic E-state index is 0.00658. The van der Waals surface area contributed by atoms with Crippen LogP contribution in [0.3, 0.4) is 0 Å². The van der Waals surface area contributed by atoms with Crippen molar-refractivity contribution in [1.29, 1.82) is 0 Å². The number of thiophene rings is 1. The van der Waals surface area contributed by atoms with Gasteiger partial charge in [0.15, 0.2) is 0 Å². The van der Waals surface area contributed by atoms with E-state index in [4.69, 9.17) is 4.74 Å². The molecule has 3 nitrogen and oxygen atoms in total. The summed E-state index contributed by atoms with van der Waals surface area (Å²) < 4.78 is 5.58. The van der Waals surface area contributed by atoms with Crippen molar-refractivity contribution >= 4 is 22.9 Å². The smallest absolute Gasteiger partial charge is 0.229 e. The van der Waals surface area contributed by atoms with Crippen molar-refractivity contribution in [2.45, 2.75) is 26.2 Å². The molecular weight excluding hydrogens is 270 g/mol. The van der Waals surface area contributed by atoms with E-state index in [1.165, 1.54) is 0 Å². The maximum atomic E-state index is 11.8. The predicted octanol–water partition coefficient (Wildman–Crippen LogP) is 4.11. The molecule has 2 aromatic rings. The van der Waals surface area contributed by atoms with Gasteiger partial charge >= 0.3 is 0 Å². The van der Waals surface area contributed by atoms with Crippen LogP contribution >= 0.6 is 11.3 Å². The summed E-state index contributed by atoms with van der Waals surface area (Å²) in [7, 11) is 0. The van der Waals surface area contributed by atoms with E-state index < -0.39 is 0 Å². The Hall–Kier alpha value is -1.81. The number of carbonyl (C=O) groups is 1. The molecule has 0 unspecified atom stereocenters. The molecule has 1 aromatic carbocycles. The quantitative estimate of drug-likeness (QED) is 0.779. The molecule has 20 heavy (non-hydrogen) atoms. The van der Waals surface area contributed by atoms with E-state index in [0.717, 1.165) is 35.8 Å². The van der Waals surface area contributed by atoms with E-state index in [1.54, 1.807) is 11.3 Å². The summed E-state index contributed by atoms with van der Waals surface area (Å²) in [4.78, 5) is 12.9. The predicted molar refractivity (Wildman–Crippen MR) is 83.5 cm³/mol. The lowest BCUT2D eigenvalue weighted by Crippen LogP contribution is -2.13. The van der Waals surface area contributed by atoms with Crippen LogP contribution in [0.5, 0.6) is 5.75 Å². The Bertz CT molecular complexity index is 520. The summed E-state index contributed by atoms with van der Waals surface area (Å²) in [6.45, 7) is 2.87. The molecule has 0 atom stereocenters. The molecule has 1 N–H and O–H groups in total. The summed E-state index contributed by atoms with van der Waals surface area (Å²) in [5.74, 6) is 0.849. The fourth-order valence-electron chi connectivity index (χ4n) is 1.75. The zero-order valence-corrected chi connectivity index (χ0v) is 12.4. The van der Waals surface area contributed by atoms with Gasteiger partial charge in [0.25, 0.3) is 0 Å². The number of ether oxygens (including phenoxy) is 1. The molecule has 0 spiro atoms. The zero-order chi connectivity index (χ0) is 14.2. The lowest BCUT2D eigenvalue weighted by molar-refractivity contribution is -0.115. The van der Waals surface area contributed by atoms with Gasteiger partial charge in [0.1, 0.15) is 5.75 Å². The number of hydrogen-bond acceptors (Lipinski definition) is 3. The molecule has 0 fully saturated rings. The third kappa shape index (κ3) is 4.70. The topological polar surface area (TPSA) is 38.3 Å². The van der Waals surface area contributed by atoms with Gasteiger partial charge < -0.3 is 10.1 Å². The SMILES string of the molecule is CCCCOc1ccc(NC(=O)Cc2cccs2)cc1. The molecule has 0 radical (unpaired) electrons. The molecule has 1 aromatic heterocycles. The van der Waals surface area contributed by atoms with Crippen LogP contribution in [0.2, 0.25) is 0 Å². The van der Waals surface area contributed by atoms with Crippen LogP contribution in [-0.2, 0) is 11.2 Å². The van der Waals surface area contributed by atoms with E-state index in [2.05, 4.69) is 12.2 Å². The van der Waals surface area contributed by atoms with Gasteiger partial charge in [-0.25, -0.2) is 0 Å². The van der Waals surface area contributed by atoms with Crippen molar-refractivity contribution < 1.29 is 9.53 Å². The van der Waals surface area contributed by atoms with Crippen LogP contribution in [0.15, 0.2) is 41.8 Å². The Morgan fingerprint density at radius 3 is 2.70 bits per heavy atom. The van der Waals surface area contributed by atoms with Crippen molar-refractivity contribution in [2.24, 2.45) is 0 Å². The molecule has 1 amide bonds. The van der Waals surface area contributed by atoms with Crippen molar-refractivity contribution in [3.8, 4) is 5.75 Å². The van der Waals surface area contributed by atoms with Gasteiger partial charge in [-0.2, -0.15) is 0 Å². The molecule has 0 aliphatic rings. The lowest BCUT2D eigenvalue weighted by atomic mass is 10.2. The standard InChI is InChI=1S/C16H19NO2S/c1-2-3-10-19-14-8-6-13(7-9-14)17-16(18)12-15-5-4-11-20-15/h4-9,11H,2-3,10,12H2,1H3,(H,17,18). The molecular formula is C16H19NO2S.